The molecular formula is C24H16ClN3O3S. The molecule has 0 saturated heterocycles. The first-order valence-electron chi connectivity index (χ1n) is 9.57. The van der Waals surface area contributed by atoms with E-state index >= 15 is 0 Å². The molecule has 4 rings (SSSR count). The number of aromatic nitrogens is 1. The van der Waals surface area contributed by atoms with Crippen molar-refractivity contribution < 1.29 is 14.3 Å². The van der Waals surface area contributed by atoms with Gasteiger partial charge < -0.3 is 10.1 Å². The number of carbonyl (C=O) groups is 2. The molecule has 2 aromatic heterocycles. The van der Waals surface area contributed by atoms with Crippen molar-refractivity contribution in [2.24, 2.45) is 0 Å². The Labute approximate surface area is 193 Å². The fourth-order valence-electron chi connectivity index (χ4n) is 3.35. The van der Waals surface area contributed by atoms with E-state index in [0.29, 0.717) is 43.3 Å². The molecule has 2 aromatic carbocycles. The third kappa shape index (κ3) is 4.33. The summed E-state index contributed by atoms with van der Waals surface area (Å²) in [6, 6.07) is 18.1. The summed E-state index contributed by atoms with van der Waals surface area (Å²) in [7, 11) is 0. The Morgan fingerprint density at radius 3 is 2.78 bits per heavy atom. The number of nitrogens with zero attached hydrogens (tertiary/aromatic N) is 2. The van der Waals surface area contributed by atoms with Gasteiger partial charge in [-0.1, -0.05) is 41.9 Å². The average Bonchev–Trinajstić information content (AvgIpc) is 3.24. The van der Waals surface area contributed by atoms with Gasteiger partial charge in [-0.25, -0.2) is 9.78 Å². The highest BCUT2D eigenvalue weighted by atomic mass is 35.5. The van der Waals surface area contributed by atoms with Crippen molar-refractivity contribution in [3.05, 3.63) is 81.7 Å². The fraction of sp³-hybridized carbons (Fsp3) is 0.0833. The maximum absolute atomic E-state index is 13.1. The largest absolute Gasteiger partial charge is 0.452 e. The van der Waals surface area contributed by atoms with Gasteiger partial charge in [-0.3, -0.25) is 4.79 Å². The van der Waals surface area contributed by atoms with Crippen LogP contribution in [0.2, 0.25) is 5.02 Å². The van der Waals surface area contributed by atoms with Crippen LogP contribution < -0.4 is 5.32 Å². The van der Waals surface area contributed by atoms with E-state index in [1.54, 1.807) is 36.6 Å². The molecular weight excluding hydrogens is 446 g/mol. The molecule has 0 spiro atoms. The van der Waals surface area contributed by atoms with Crippen molar-refractivity contribution in [3.63, 3.8) is 0 Å². The first kappa shape index (κ1) is 21.5. The third-order valence-electron chi connectivity index (χ3n) is 4.81. The molecule has 0 aliphatic heterocycles. The highest BCUT2D eigenvalue weighted by Gasteiger charge is 2.21. The number of hydrogen-bond donors (Lipinski definition) is 1. The quantitative estimate of drug-likeness (QED) is 0.391. The van der Waals surface area contributed by atoms with E-state index < -0.39 is 18.5 Å². The molecule has 0 saturated carbocycles. The van der Waals surface area contributed by atoms with E-state index in [4.69, 9.17) is 26.6 Å². The Morgan fingerprint density at radius 2 is 2.00 bits per heavy atom. The highest BCUT2D eigenvalue weighted by molar-refractivity contribution is 7.14. The number of fused-ring (bicyclic) bond motifs is 1. The number of amides is 1. The SMILES string of the molecule is Cc1c(-c2cccc(Cl)c2)nc2ccccc2c1C(=O)OCC(=O)Nc1sccc1C#N. The lowest BCUT2D eigenvalue weighted by atomic mass is 9.98. The van der Waals surface area contributed by atoms with Crippen molar-refractivity contribution >= 4 is 50.7 Å². The van der Waals surface area contributed by atoms with Gasteiger partial charge in [0.25, 0.3) is 5.91 Å². The van der Waals surface area contributed by atoms with E-state index in [2.05, 4.69) is 5.32 Å². The van der Waals surface area contributed by atoms with E-state index in [9.17, 15) is 9.59 Å². The van der Waals surface area contributed by atoms with Crippen molar-refractivity contribution in [2.45, 2.75) is 6.92 Å². The molecule has 1 N–H and O–H groups in total. The molecule has 158 valence electrons. The summed E-state index contributed by atoms with van der Waals surface area (Å²) in [6.07, 6.45) is 0. The number of thiophene rings is 1. The van der Waals surface area contributed by atoms with Gasteiger partial charge in [0.1, 0.15) is 11.1 Å². The first-order chi connectivity index (χ1) is 15.5. The topological polar surface area (TPSA) is 92.1 Å². The number of anilines is 1. The van der Waals surface area contributed by atoms with Gasteiger partial charge in [-0.05, 0) is 42.1 Å². The molecule has 0 aliphatic rings. The number of nitriles is 1. The number of halogens is 1. The smallest absolute Gasteiger partial charge is 0.339 e. The number of carbonyl (C=O) groups excluding carboxylic acids is 2. The number of esters is 1. The van der Waals surface area contributed by atoms with E-state index in [0.717, 1.165) is 5.56 Å². The number of benzene rings is 2. The first-order valence-corrected chi connectivity index (χ1v) is 10.8. The molecule has 0 fully saturated rings. The van der Waals surface area contributed by atoms with E-state index in [1.807, 2.05) is 36.4 Å². The lowest BCUT2D eigenvalue weighted by Gasteiger charge is -2.14. The number of hydrogen-bond acceptors (Lipinski definition) is 6. The lowest BCUT2D eigenvalue weighted by Crippen LogP contribution is -2.21. The Bertz CT molecular complexity index is 1390. The van der Waals surface area contributed by atoms with Gasteiger partial charge >= 0.3 is 5.97 Å². The number of nitrogens with one attached hydrogen (secondary N) is 1. The van der Waals surface area contributed by atoms with Crippen molar-refractivity contribution in [2.75, 3.05) is 11.9 Å². The van der Waals surface area contributed by atoms with Crippen LogP contribution in [0, 0.1) is 18.3 Å². The summed E-state index contributed by atoms with van der Waals surface area (Å²) < 4.78 is 5.33. The number of rotatable bonds is 5. The Kier molecular flexibility index (Phi) is 6.17. The highest BCUT2D eigenvalue weighted by Crippen LogP contribution is 2.31. The van der Waals surface area contributed by atoms with Gasteiger partial charge in [0, 0.05) is 16.0 Å². The number of ether oxygens (including phenoxy) is 1. The van der Waals surface area contributed by atoms with Crippen LogP contribution in [0.3, 0.4) is 0 Å². The molecule has 0 unspecified atom stereocenters. The molecule has 4 aromatic rings. The van der Waals surface area contributed by atoms with Gasteiger partial charge in [0.15, 0.2) is 6.61 Å². The molecule has 8 heteroatoms. The number of pyridine rings is 1. The third-order valence-corrected chi connectivity index (χ3v) is 5.88. The minimum Gasteiger partial charge on any atom is -0.452 e. The molecule has 1 amide bonds. The second-order valence-corrected chi connectivity index (χ2v) is 8.24. The van der Waals surface area contributed by atoms with Crippen molar-refractivity contribution in [1.29, 1.82) is 5.26 Å². The Balaban J connectivity index is 1.64. The van der Waals surface area contributed by atoms with Crippen LogP contribution in [0.4, 0.5) is 5.00 Å². The van der Waals surface area contributed by atoms with Gasteiger partial charge in [-0.15, -0.1) is 11.3 Å². The maximum Gasteiger partial charge on any atom is 0.339 e. The number of para-hydroxylation sites is 1. The van der Waals surface area contributed by atoms with Crippen LogP contribution in [-0.4, -0.2) is 23.5 Å². The molecule has 0 aliphatic carbocycles. The summed E-state index contributed by atoms with van der Waals surface area (Å²) >= 11 is 7.37. The standard InChI is InChI=1S/C24H16ClN3O3S/c1-14-21(24(30)31-13-20(29)28-23-16(12-26)9-10-32-23)18-7-2-3-8-19(18)27-22(14)15-5-4-6-17(25)11-15/h2-11H,13H2,1H3,(H,28,29). The maximum atomic E-state index is 13.1. The molecule has 32 heavy (non-hydrogen) atoms. The minimum absolute atomic E-state index is 0.340. The Hall–Kier alpha value is -3.73. The summed E-state index contributed by atoms with van der Waals surface area (Å²) in [5, 5.41) is 15.0. The summed E-state index contributed by atoms with van der Waals surface area (Å²) in [5.74, 6) is -1.16. The lowest BCUT2D eigenvalue weighted by molar-refractivity contribution is -0.119. The molecule has 0 radical (unpaired) electrons. The second-order valence-electron chi connectivity index (χ2n) is 6.89. The monoisotopic (exact) mass is 461 g/mol. The van der Waals surface area contributed by atoms with Crippen LogP contribution in [0.15, 0.2) is 60.0 Å². The minimum atomic E-state index is -0.633. The zero-order valence-corrected chi connectivity index (χ0v) is 18.5. The zero-order chi connectivity index (χ0) is 22.7. The summed E-state index contributed by atoms with van der Waals surface area (Å²) in [4.78, 5) is 30.0. The van der Waals surface area contributed by atoms with Gasteiger partial charge in [0.2, 0.25) is 0 Å². The molecule has 6 nitrogen and oxygen atoms in total. The second kappa shape index (κ2) is 9.18. The predicted octanol–water partition coefficient (Wildman–Crippen LogP) is 5.59. The van der Waals surface area contributed by atoms with Gasteiger partial charge in [-0.2, -0.15) is 5.26 Å². The van der Waals surface area contributed by atoms with Crippen LogP contribution in [0.25, 0.3) is 22.2 Å². The van der Waals surface area contributed by atoms with Crippen LogP contribution in [-0.2, 0) is 9.53 Å². The van der Waals surface area contributed by atoms with Crippen LogP contribution in [0.1, 0.15) is 21.5 Å². The molecule has 2 heterocycles. The van der Waals surface area contributed by atoms with E-state index in [1.165, 1.54) is 11.3 Å². The molecule has 0 atom stereocenters. The average molecular weight is 462 g/mol. The zero-order valence-electron chi connectivity index (χ0n) is 16.9. The predicted molar refractivity (Wildman–Crippen MR) is 125 cm³/mol. The fourth-order valence-corrected chi connectivity index (χ4v) is 4.29. The van der Waals surface area contributed by atoms with Crippen LogP contribution >= 0.6 is 22.9 Å². The molecule has 0 bridgehead atoms. The van der Waals surface area contributed by atoms with Crippen molar-refractivity contribution in [3.8, 4) is 17.3 Å². The van der Waals surface area contributed by atoms with Gasteiger partial charge in [0.05, 0.1) is 22.3 Å². The summed E-state index contributed by atoms with van der Waals surface area (Å²) in [5.41, 5.74) is 3.33. The van der Waals surface area contributed by atoms with Crippen molar-refractivity contribution in [1.82, 2.24) is 4.98 Å². The van der Waals surface area contributed by atoms with E-state index in [-0.39, 0.29) is 0 Å². The normalized spacial score (nSPS) is 10.5. The Morgan fingerprint density at radius 1 is 1.19 bits per heavy atom. The van der Waals surface area contributed by atoms with Crippen LogP contribution in [0.5, 0.6) is 0 Å². The summed E-state index contributed by atoms with van der Waals surface area (Å²) in [6.45, 7) is 1.31.